The molecule has 21 heavy (non-hydrogen) atoms. The molecule has 0 fully saturated rings. The molecule has 0 aliphatic heterocycles. The second-order valence-corrected chi connectivity index (χ2v) is 6.14. The summed E-state index contributed by atoms with van der Waals surface area (Å²) in [5.74, 6) is -0.287. The number of aromatic nitrogens is 2. The van der Waals surface area contributed by atoms with Crippen molar-refractivity contribution in [3.8, 4) is 0 Å². The summed E-state index contributed by atoms with van der Waals surface area (Å²) in [4.78, 5) is 27.9. The molecule has 0 saturated carbocycles. The van der Waals surface area contributed by atoms with E-state index in [1.54, 1.807) is 19.9 Å². The normalized spacial score (nSPS) is 10.5. The van der Waals surface area contributed by atoms with Gasteiger partial charge in [0, 0.05) is 10.2 Å². The Balaban J connectivity index is 2.23. The number of halogens is 2. The molecule has 0 spiro atoms. The van der Waals surface area contributed by atoms with Crippen molar-refractivity contribution >= 4 is 43.5 Å². The molecule has 0 aliphatic carbocycles. The van der Waals surface area contributed by atoms with Crippen LogP contribution in [0.1, 0.15) is 11.4 Å². The first kappa shape index (κ1) is 15.9. The molecule has 1 heterocycles. The van der Waals surface area contributed by atoms with Gasteiger partial charge in [-0.15, -0.1) is 0 Å². The van der Waals surface area contributed by atoms with E-state index in [9.17, 15) is 9.59 Å². The van der Waals surface area contributed by atoms with Crippen molar-refractivity contribution in [2.75, 3.05) is 5.32 Å². The fraction of sp³-hybridized carbons (Fsp3) is 0.214. The number of amides is 1. The van der Waals surface area contributed by atoms with Gasteiger partial charge in [0.25, 0.3) is 0 Å². The first-order chi connectivity index (χ1) is 9.90. The van der Waals surface area contributed by atoms with Crippen LogP contribution in [0, 0.1) is 13.8 Å². The second-order valence-electron chi connectivity index (χ2n) is 4.49. The summed E-state index contributed by atoms with van der Waals surface area (Å²) in [5.41, 5.74) is 1.51. The van der Waals surface area contributed by atoms with E-state index in [1.807, 2.05) is 18.2 Å². The van der Waals surface area contributed by atoms with Crippen LogP contribution in [0.5, 0.6) is 0 Å². The van der Waals surface area contributed by atoms with Crippen molar-refractivity contribution in [3.63, 3.8) is 0 Å². The summed E-state index contributed by atoms with van der Waals surface area (Å²) in [6.45, 7) is 3.42. The van der Waals surface area contributed by atoms with Crippen molar-refractivity contribution in [1.82, 2.24) is 9.55 Å². The summed E-state index contributed by atoms with van der Waals surface area (Å²) in [6.07, 6.45) is 0. The first-order valence-electron chi connectivity index (χ1n) is 6.18. The third-order valence-corrected chi connectivity index (χ3v) is 4.82. The number of rotatable bonds is 3. The zero-order chi connectivity index (χ0) is 15.6. The highest BCUT2D eigenvalue weighted by Gasteiger charge is 2.13. The molecule has 2 aromatic rings. The van der Waals surface area contributed by atoms with Crippen LogP contribution >= 0.6 is 31.9 Å². The smallest absolute Gasteiger partial charge is 0.324 e. The summed E-state index contributed by atoms with van der Waals surface area (Å²) < 4.78 is 2.85. The van der Waals surface area contributed by atoms with E-state index in [0.717, 1.165) is 8.95 Å². The van der Waals surface area contributed by atoms with Gasteiger partial charge in [-0.25, -0.2) is 4.79 Å². The predicted molar refractivity (Wildman–Crippen MR) is 88.4 cm³/mol. The standard InChI is InChI=1S/C14H13Br2N3O2/c1-8-13(16)9(2)19(14(21)17-8)7-12(20)18-11-6-4-3-5-10(11)15/h3-6H,7H2,1-2H3,(H,18,20). The number of aryl methyl sites for hydroxylation is 1. The van der Waals surface area contributed by atoms with Gasteiger partial charge in [0.1, 0.15) is 6.54 Å². The third-order valence-electron chi connectivity index (χ3n) is 2.98. The van der Waals surface area contributed by atoms with Crippen LogP contribution in [0.4, 0.5) is 5.69 Å². The Morgan fingerprint density at radius 2 is 1.95 bits per heavy atom. The van der Waals surface area contributed by atoms with Crippen LogP contribution in [-0.2, 0) is 11.3 Å². The Hall–Kier alpha value is -1.47. The van der Waals surface area contributed by atoms with Crippen molar-refractivity contribution in [2.45, 2.75) is 20.4 Å². The molecule has 0 bridgehead atoms. The number of carbonyl (C=O) groups excluding carboxylic acids is 1. The van der Waals surface area contributed by atoms with Crippen LogP contribution in [0.2, 0.25) is 0 Å². The van der Waals surface area contributed by atoms with Gasteiger partial charge in [0.05, 0.1) is 15.9 Å². The lowest BCUT2D eigenvalue weighted by Crippen LogP contribution is -2.31. The van der Waals surface area contributed by atoms with Crippen LogP contribution in [0.25, 0.3) is 0 Å². The molecule has 0 saturated heterocycles. The van der Waals surface area contributed by atoms with E-state index in [-0.39, 0.29) is 12.5 Å². The molecule has 2 rings (SSSR count). The van der Waals surface area contributed by atoms with E-state index in [0.29, 0.717) is 17.1 Å². The van der Waals surface area contributed by atoms with Crippen LogP contribution in [-0.4, -0.2) is 15.5 Å². The molecule has 0 aliphatic rings. The highest BCUT2D eigenvalue weighted by atomic mass is 79.9. The lowest BCUT2D eigenvalue weighted by Gasteiger charge is -2.12. The second kappa shape index (κ2) is 6.53. The molecule has 110 valence electrons. The van der Waals surface area contributed by atoms with Crippen molar-refractivity contribution in [2.24, 2.45) is 0 Å². The van der Waals surface area contributed by atoms with E-state index in [2.05, 4.69) is 42.2 Å². The van der Waals surface area contributed by atoms with Gasteiger partial charge in [-0.2, -0.15) is 4.98 Å². The summed E-state index contributed by atoms with van der Waals surface area (Å²) in [6, 6.07) is 7.29. The maximum atomic E-state index is 12.1. The largest absolute Gasteiger partial charge is 0.348 e. The van der Waals surface area contributed by atoms with Gasteiger partial charge in [0.2, 0.25) is 5.91 Å². The molecule has 0 atom stereocenters. The molecule has 0 unspecified atom stereocenters. The van der Waals surface area contributed by atoms with Gasteiger partial charge < -0.3 is 5.32 Å². The van der Waals surface area contributed by atoms with Crippen LogP contribution in [0.15, 0.2) is 38.0 Å². The van der Waals surface area contributed by atoms with Crippen LogP contribution < -0.4 is 11.0 Å². The lowest BCUT2D eigenvalue weighted by atomic mass is 10.3. The molecule has 5 nitrogen and oxygen atoms in total. The van der Waals surface area contributed by atoms with Crippen LogP contribution in [0.3, 0.4) is 0 Å². The van der Waals surface area contributed by atoms with Crippen molar-refractivity contribution < 1.29 is 4.79 Å². The summed E-state index contributed by atoms with van der Waals surface area (Å²) in [5, 5.41) is 2.76. The molecule has 1 amide bonds. The average Bonchev–Trinajstić information content (AvgIpc) is 2.44. The SMILES string of the molecule is Cc1nc(=O)n(CC(=O)Nc2ccccc2Br)c(C)c1Br. The minimum absolute atomic E-state index is 0.0854. The highest BCUT2D eigenvalue weighted by Crippen LogP contribution is 2.21. The number of nitrogens with one attached hydrogen (secondary N) is 1. The van der Waals surface area contributed by atoms with E-state index in [1.165, 1.54) is 4.57 Å². The summed E-state index contributed by atoms with van der Waals surface area (Å²) >= 11 is 6.73. The number of hydrogen-bond donors (Lipinski definition) is 1. The number of benzene rings is 1. The number of para-hydroxylation sites is 1. The van der Waals surface area contributed by atoms with Gasteiger partial charge in [0.15, 0.2) is 0 Å². The molecule has 1 N–H and O–H groups in total. The van der Waals surface area contributed by atoms with E-state index >= 15 is 0 Å². The monoisotopic (exact) mass is 413 g/mol. The zero-order valence-corrected chi connectivity index (χ0v) is 14.7. The Labute approximate surface area is 138 Å². The van der Waals surface area contributed by atoms with Crippen molar-refractivity contribution in [3.05, 3.63) is 55.1 Å². The fourth-order valence-electron chi connectivity index (χ4n) is 1.86. The van der Waals surface area contributed by atoms with Gasteiger partial charge in [-0.1, -0.05) is 12.1 Å². The minimum atomic E-state index is -0.435. The number of nitrogens with zero attached hydrogens (tertiary/aromatic N) is 2. The maximum absolute atomic E-state index is 12.1. The predicted octanol–water partition coefficient (Wildman–Crippen LogP) is 3.02. The van der Waals surface area contributed by atoms with Crippen molar-refractivity contribution in [1.29, 1.82) is 0 Å². The van der Waals surface area contributed by atoms with Gasteiger partial charge >= 0.3 is 5.69 Å². The topological polar surface area (TPSA) is 64.0 Å². The van der Waals surface area contributed by atoms with Gasteiger partial charge in [-0.3, -0.25) is 9.36 Å². The number of carbonyl (C=O) groups is 1. The lowest BCUT2D eigenvalue weighted by molar-refractivity contribution is -0.116. The molecular formula is C14H13Br2N3O2. The average molecular weight is 415 g/mol. The number of hydrogen-bond acceptors (Lipinski definition) is 3. The zero-order valence-electron chi connectivity index (χ0n) is 11.5. The Morgan fingerprint density at radius 1 is 1.29 bits per heavy atom. The third kappa shape index (κ3) is 3.59. The Bertz CT molecular complexity index is 756. The quantitative estimate of drug-likeness (QED) is 0.839. The fourth-order valence-corrected chi connectivity index (χ4v) is 2.55. The molecule has 1 aromatic carbocycles. The molecule has 7 heteroatoms. The Morgan fingerprint density at radius 3 is 2.62 bits per heavy atom. The van der Waals surface area contributed by atoms with E-state index < -0.39 is 5.69 Å². The molecule has 0 radical (unpaired) electrons. The number of anilines is 1. The van der Waals surface area contributed by atoms with Gasteiger partial charge in [-0.05, 0) is 57.8 Å². The Kier molecular flexibility index (Phi) is 4.95. The minimum Gasteiger partial charge on any atom is -0.324 e. The molecular weight excluding hydrogens is 402 g/mol. The highest BCUT2D eigenvalue weighted by molar-refractivity contribution is 9.11. The maximum Gasteiger partial charge on any atom is 0.348 e. The molecule has 1 aromatic heterocycles. The van der Waals surface area contributed by atoms with E-state index in [4.69, 9.17) is 0 Å². The summed E-state index contributed by atoms with van der Waals surface area (Å²) in [7, 11) is 0. The first-order valence-corrected chi connectivity index (χ1v) is 7.76.